The molecule has 0 saturated carbocycles. The van der Waals surface area contributed by atoms with E-state index in [9.17, 15) is 18.4 Å². The zero-order chi connectivity index (χ0) is 27.4. The van der Waals surface area contributed by atoms with Crippen molar-refractivity contribution in [2.75, 3.05) is 25.0 Å². The molecule has 4 rings (SSSR count). The molecule has 1 N–H and O–H groups in total. The summed E-state index contributed by atoms with van der Waals surface area (Å²) in [5.74, 6) is -0.310. The van der Waals surface area contributed by atoms with Gasteiger partial charge in [0.05, 0.1) is 36.3 Å². The largest absolute Gasteiger partial charge is 0.444 e. The Hall–Kier alpha value is -3.99. The first kappa shape index (κ1) is 27.1. The van der Waals surface area contributed by atoms with Crippen LogP contribution in [0.15, 0.2) is 54.7 Å². The van der Waals surface area contributed by atoms with Crippen LogP contribution in [0.3, 0.4) is 0 Å². The molecule has 2 amide bonds. The molecule has 0 unspecified atom stereocenters. The van der Waals surface area contributed by atoms with Gasteiger partial charge in [-0.25, -0.2) is 9.48 Å². The van der Waals surface area contributed by atoms with Gasteiger partial charge < -0.3 is 24.4 Å². The predicted octanol–water partition coefficient (Wildman–Crippen LogP) is 5.34. The third kappa shape index (κ3) is 6.65. The van der Waals surface area contributed by atoms with Gasteiger partial charge in [-0.05, 0) is 69.7 Å². The van der Waals surface area contributed by atoms with Gasteiger partial charge in [-0.15, -0.1) is 0 Å². The first-order valence-corrected chi connectivity index (χ1v) is 12.1. The molecule has 2 heterocycles. The van der Waals surface area contributed by atoms with Crippen molar-refractivity contribution in [3.63, 3.8) is 0 Å². The molecule has 11 heteroatoms. The van der Waals surface area contributed by atoms with Crippen LogP contribution in [0.2, 0.25) is 0 Å². The highest BCUT2D eigenvalue weighted by Crippen LogP contribution is 2.26. The van der Waals surface area contributed by atoms with E-state index in [1.165, 1.54) is 18.3 Å². The number of nitrogens with zero attached hydrogens (tertiary/aromatic N) is 3. The number of aromatic nitrogens is 2. The molecular weight excluding hydrogens is 498 g/mol. The molecule has 1 aromatic heterocycles. The minimum Gasteiger partial charge on any atom is -0.444 e. The van der Waals surface area contributed by atoms with E-state index in [4.69, 9.17) is 9.47 Å². The lowest BCUT2D eigenvalue weighted by Gasteiger charge is -2.34. The number of hydrogen-bond acceptors (Lipinski definition) is 6. The van der Waals surface area contributed by atoms with Crippen molar-refractivity contribution in [3.05, 3.63) is 71.5 Å². The van der Waals surface area contributed by atoms with Crippen LogP contribution in [-0.4, -0.2) is 58.6 Å². The van der Waals surface area contributed by atoms with Gasteiger partial charge >= 0.3 is 12.7 Å². The Bertz CT molecular complexity index is 1270. The van der Waals surface area contributed by atoms with Gasteiger partial charge in [0.1, 0.15) is 17.5 Å². The number of rotatable bonds is 6. The fourth-order valence-corrected chi connectivity index (χ4v) is 3.98. The van der Waals surface area contributed by atoms with Gasteiger partial charge in [-0.2, -0.15) is 13.9 Å². The van der Waals surface area contributed by atoms with Crippen LogP contribution < -0.4 is 10.1 Å². The second-order valence-corrected chi connectivity index (χ2v) is 9.79. The maximum absolute atomic E-state index is 12.9. The van der Waals surface area contributed by atoms with Crippen molar-refractivity contribution in [1.29, 1.82) is 0 Å². The molecular formula is C27H30F2N4O5. The summed E-state index contributed by atoms with van der Waals surface area (Å²) < 4.78 is 42.0. The number of alkyl halides is 2. The van der Waals surface area contributed by atoms with E-state index in [1.807, 2.05) is 32.9 Å². The topological polar surface area (TPSA) is 94.9 Å². The summed E-state index contributed by atoms with van der Waals surface area (Å²) in [5.41, 5.74) is 2.43. The zero-order valence-corrected chi connectivity index (χ0v) is 21.6. The lowest BCUT2D eigenvalue weighted by Crippen LogP contribution is -2.44. The van der Waals surface area contributed by atoms with Crippen molar-refractivity contribution in [2.24, 2.45) is 0 Å². The maximum atomic E-state index is 12.9. The molecule has 1 fully saturated rings. The highest BCUT2D eigenvalue weighted by Gasteiger charge is 2.29. The van der Waals surface area contributed by atoms with Crippen molar-refractivity contribution < 1.29 is 32.6 Å². The first-order valence-electron chi connectivity index (χ1n) is 12.1. The van der Waals surface area contributed by atoms with E-state index in [-0.39, 0.29) is 23.9 Å². The van der Waals surface area contributed by atoms with E-state index in [1.54, 1.807) is 40.8 Å². The third-order valence-electron chi connectivity index (χ3n) is 5.82. The second kappa shape index (κ2) is 11.2. The molecule has 1 saturated heterocycles. The number of amides is 2. The van der Waals surface area contributed by atoms with Crippen LogP contribution in [0.1, 0.15) is 48.5 Å². The maximum Gasteiger partial charge on any atom is 0.410 e. The minimum atomic E-state index is -2.90. The van der Waals surface area contributed by atoms with E-state index < -0.39 is 12.2 Å². The Morgan fingerprint density at radius 3 is 2.42 bits per heavy atom. The number of carbonyl (C=O) groups excluding carboxylic acids is 2. The summed E-state index contributed by atoms with van der Waals surface area (Å²) in [6, 6.07) is 13.2. The molecule has 2 aromatic carbocycles. The van der Waals surface area contributed by atoms with Gasteiger partial charge in [-0.3, -0.25) is 4.79 Å². The molecule has 1 atom stereocenters. The summed E-state index contributed by atoms with van der Waals surface area (Å²) in [6.45, 7) is 5.54. The Labute approximate surface area is 219 Å². The average molecular weight is 529 g/mol. The van der Waals surface area contributed by atoms with Crippen LogP contribution in [0, 0.1) is 6.92 Å². The van der Waals surface area contributed by atoms with Gasteiger partial charge in [0.15, 0.2) is 0 Å². The van der Waals surface area contributed by atoms with Crippen molar-refractivity contribution in [2.45, 2.75) is 46.0 Å². The second-order valence-electron chi connectivity index (χ2n) is 9.79. The third-order valence-corrected chi connectivity index (χ3v) is 5.82. The quantitative estimate of drug-likeness (QED) is 0.464. The zero-order valence-electron chi connectivity index (χ0n) is 21.6. The molecule has 38 heavy (non-hydrogen) atoms. The Morgan fingerprint density at radius 2 is 1.79 bits per heavy atom. The smallest absolute Gasteiger partial charge is 0.410 e. The SMILES string of the molecule is Cc1c(C(=O)Nc2ccc([C@H]3CN(C(=O)OC(C)(C)C)CCO3)cc2)cnn1-c1ccc(OC(F)F)cc1. The van der Waals surface area contributed by atoms with E-state index in [0.717, 1.165) is 5.56 Å². The Kier molecular flexibility index (Phi) is 7.96. The van der Waals surface area contributed by atoms with E-state index in [0.29, 0.717) is 42.3 Å². The average Bonchev–Trinajstić information content (AvgIpc) is 3.25. The fourth-order valence-electron chi connectivity index (χ4n) is 3.98. The molecule has 9 nitrogen and oxygen atoms in total. The Balaban J connectivity index is 1.39. The summed E-state index contributed by atoms with van der Waals surface area (Å²) in [5, 5.41) is 7.12. The lowest BCUT2D eigenvalue weighted by molar-refractivity contribution is -0.0498. The van der Waals surface area contributed by atoms with Crippen LogP contribution in [0.4, 0.5) is 19.3 Å². The number of ether oxygens (including phenoxy) is 3. The number of carbonyl (C=O) groups is 2. The summed E-state index contributed by atoms with van der Waals surface area (Å²) in [7, 11) is 0. The molecule has 202 valence electrons. The summed E-state index contributed by atoms with van der Waals surface area (Å²) >= 11 is 0. The van der Waals surface area contributed by atoms with Crippen LogP contribution >= 0.6 is 0 Å². The summed E-state index contributed by atoms with van der Waals surface area (Å²) in [4.78, 5) is 27.0. The fraction of sp³-hybridized carbons (Fsp3) is 0.370. The van der Waals surface area contributed by atoms with Crippen molar-refractivity contribution in [3.8, 4) is 11.4 Å². The number of halogens is 2. The van der Waals surface area contributed by atoms with Crippen LogP contribution in [0.5, 0.6) is 5.75 Å². The van der Waals surface area contributed by atoms with Gasteiger partial charge in [-0.1, -0.05) is 12.1 Å². The summed E-state index contributed by atoms with van der Waals surface area (Å²) in [6.07, 6.45) is 0.769. The first-order chi connectivity index (χ1) is 18.0. The molecule has 1 aliphatic rings. The lowest BCUT2D eigenvalue weighted by atomic mass is 10.1. The van der Waals surface area contributed by atoms with Crippen molar-refractivity contribution in [1.82, 2.24) is 14.7 Å². The molecule has 0 aliphatic carbocycles. The number of morpholine rings is 1. The standard InChI is InChI=1S/C27H30F2N4O5/c1-17-22(15-30-33(17)20-9-11-21(12-10-20)37-25(28)29)24(34)31-19-7-5-18(6-8-19)23-16-32(13-14-36-23)26(35)38-27(2,3)4/h5-12,15,23,25H,13-14,16H2,1-4H3,(H,31,34)/t23-/m1/s1. The van der Waals surface area contributed by atoms with E-state index >= 15 is 0 Å². The Morgan fingerprint density at radius 1 is 1.11 bits per heavy atom. The predicted molar refractivity (Wildman–Crippen MR) is 136 cm³/mol. The van der Waals surface area contributed by atoms with Crippen molar-refractivity contribution >= 4 is 17.7 Å². The van der Waals surface area contributed by atoms with Gasteiger partial charge in [0.2, 0.25) is 0 Å². The molecule has 0 bridgehead atoms. The van der Waals surface area contributed by atoms with E-state index in [2.05, 4.69) is 15.2 Å². The number of anilines is 1. The number of benzene rings is 2. The highest BCUT2D eigenvalue weighted by molar-refractivity contribution is 6.05. The minimum absolute atomic E-state index is 0.0335. The van der Waals surface area contributed by atoms with Crippen LogP contribution in [0.25, 0.3) is 5.69 Å². The van der Waals surface area contributed by atoms with Gasteiger partial charge in [0, 0.05) is 12.2 Å². The normalized spacial score (nSPS) is 15.9. The van der Waals surface area contributed by atoms with Crippen LogP contribution in [-0.2, 0) is 9.47 Å². The monoisotopic (exact) mass is 528 g/mol. The number of nitrogens with one attached hydrogen (secondary N) is 1. The highest BCUT2D eigenvalue weighted by atomic mass is 19.3. The van der Waals surface area contributed by atoms with Gasteiger partial charge in [0.25, 0.3) is 5.91 Å². The molecule has 0 radical (unpaired) electrons. The molecule has 3 aromatic rings. The molecule has 0 spiro atoms. The number of hydrogen-bond donors (Lipinski definition) is 1. The molecule has 1 aliphatic heterocycles.